The summed E-state index contributed by atoms with van der Waals surface area (Å²) in [6.07, 6.45) is 0.896. The molecule has 0 aliphatic rings. The molecule has 0 aromatic heterocycles. The van der Waals surface area contributed by atoms with Crippen LogP contribution in [-0.2, 0) is 9.53 Å². The van der Waals surface area contributed by atoms with Crippen LogP contribution in [0.4, 0.5) is 0 Å². The summed E-state index contributed by atoms with van der Waals surface area (Å²) in [4.78, 5) is 13.4. The molecule has 0 N–H and O–H groups in total. The molecule has 0 aliphatic carbocycles. The monoisotopic (exact) mass is 299 g/mol. The number of carbonyl (C=O) groups is 1. The molecule has 112 valence electrons. The Morgan fingerprint density at radius 2 is 2.00 bits per heavy atom. The maximum absolute atomic E-state index is 11.3. The third-order valence-corrected chi connectivity index (χ3v) is 3.21. The van der Waals surface area contributed by atoms with Gasteiger partial charge in [0.2, 0.25) is 0 Å². The van der Waals surface area contributed by atoms with Gasteiger partial charge in [0.05, 0.1) is 19.6 Å². The Morgan fingerprint density at radius 3 is 2.60 bits per heavy atom. The van der Waals surface area contributed by atoms with E-state index in [-0.39, 0.29) is 11.9 Å². The second kappa shape index (κ2) is 8.82. The highest BCUT2D eigenvalue weighted by atomic mass is 35.5. The van der Waals surface area contributed by atoms with Crippen molar-refractivity contribution in [3.05, 3.63) is 29.3 Å². The molecule has 1 unspecified atom stereocenters. The highest BCUT2D eigenvalue weighted by molar-refractivity contribution is 6.30. The molecule has 4 nitrogen and oxygen atoms in total. The number of halogens is 1. The van der Waals surface area contributed by atoms with Gasteiger partial charge in [-0.05, 0) is 37.7 Å². The van der Waals surface area contributed by atoms with E-state index in [4.69, 9.17) is 21.1 Å². The van der Waals surface area contributed by atoms with Crippen LogP contribution in [0.3, 0.4) is 0 Å². The predicted molar refractivity (Wildman–Crippen MR) is 80.2 cm³/mol. The average molecular weight is 300 g/mol. The Balaban J connectivity index is 2.17. The van der Waals surface area contributed by atoms with E-state index >= 15 is 0 Å². The average Bonchev–Trinajstić information content (AvgIpc) is 2.44. The number of nitrogens with zero attached hydrogens (tertiary/aromatic N) is 1. The lowest BCUT2D eigenvalue weighted by molar-refractivity contribution is -0.145. The topological polar surface area (TPSA) is 38.8 Å². The van der Waals surface area contributed by atoms with Gasteiger partial charge < -0.3 is 14.4 Å². The summed E-state index contributed by atoms with van der Waals surface area (Å²) in [6.45, 7) is 4.06. The number of carbonyl (C=O) groups excluding carboxylic acids is 1. The zero-order chi connectivity index (χ0) is 15.0. The molecular formula is C15H22ClNO3. The van der Waals surface area contributed by atoms with Gasteiger partial charge in [0.15, 0.2) is 0 Å². The predicted octanol–water partition coefficient (Wildman–Crippen LogP) is 2.85. The Morgan fingerprint density at radius 1 is 1.35 bits per heavy atom. The van der Waals surface area contributed by atoms with Crippen LogP contribution >= 0.6 is 11.6 Å². The molecule has 0 saturated carbocycles. The summed E-state index contributed by atoms with van der Waals surface area (Å²) in [7, 11) is 3.40. The largest absolute Gasteiger partial charge is 0.494 e. The molecular weight excluding hydrogens is 278 g/mol. The summed E-state index contributed by atoms with van der Waals surface area (Å²) < 4.78 is 10.3. The zero-order valence-electron chi connectivity index (χ0n) is 12.3. The zero-order valence-corrected chi connectivity index (χ0v) is 13.0. The number of hydrogen-bond acceptors (Lipinski definition) is 4. The van der Waals surface area contributed by atoms with Gasteiger partial charge in [-0.2, -0.15) is 0 Å². The van der Waals surface area contributed by atoms with Gasteiger partial charge in [-0.25, -0.2) is 0 Å². The van der Waals surface area contributed by atoms with Gasteiger partial charge >= 0.3 is 5.97 Å². The molecule has 1 rings (SSSR count). The Bertz CT molecular complexity index is 408. The van der Waals surface area contributed by atoms with E-state index in [1.165, 1.54) is 7.11 Å². The molecule has 0 spiro atoms. The van der Waals surface area contributed by atoms with Crippen molar-refractivity contribution in [1.82, 2.24) is 4.90 Å². The first-order valence-electron chi connectivity index (χ1n) is 6.67. The molecule has 0 aliphatic heterocycles. The molecule has 0 radical (unpaired) electrons. The van der Waals surface area contributed by atoms with Gasteiger partial charge in [-0.1, -0.05) is 18.5 Å². The van der Waals surface area contributed by atoms with Crippen LogP contribution in [0.25, 0.3) is 0 Å². The third kappa shape index (κ3) is 6.26. The van der Waals surface area contributed by atoms with Crippen LogP contribution < -0.4 is 4.74 Å². The normalized spacial score (nSPS) is 12.2. The van der Waals surface area contributed by atoms with Crippen LogP contribution in [0.2, 0.25) is 5.02 Å². The van der Waals surface area contributed by atoms with Crippen molar-refractivity contribution in [1.29, 1.82) is 0 Å². The van der Waals surface area contributed by atoms with E-state index in [0.29, 0.717) is 18.2 Å². The molecule has 0 saturated heterocycles. The number of methoxy groups -OCH3 is 1. The summed E-state index contributed by atoms with van der Waals surface area (Å²) in [5.74, 6) is 0.538. The molecule has 1 aromatic rings. The second-order valence-corrected chi connectivity index (χ2v) is 5.28. The van der Waals surface area contributed by atoms with E-state index < -0.39 is 0 Å². The fraction of sp³-hybridized carbons (Fsp3) is 0.533. The van der Waals surface area contributed by atoms with E-state index in [2.05, 4.69) is 4.90 Å². The van der Waals surface area contributed by atoms with Gasteiger partial charge in [0.1, 0.15) is 5.75 Å². The standard InChI is InChI=1S/C15H22ClNO3/c1-12(15(18)19-3)11-17(2)9-4-10-20-14-7-5-13(16)6-8-14/h5-8,12H,4,9-11H2,1-3H3. The highest BCUT2D eigenvalue weighted by Gasteiger charge is 2.14. The first kappa shape index (κ1) is 16.8. The van der Waals surface area contributed by atoms with Gasteiger partial charge in [0.25, 0.3) is 0 Å². The van der Waals surface area contributed by atoms with Crippen LogP contribution in [0.1, 0.15) is 13.3 Å². The second-order valence-electron chi connectivity index (χ2n) is 4.84. The van der Waals surface area contributed by atoms with Crippen molar-refractivity contribution >= 4 is 17.6 Å². The first-order chi connectivity index (χ1) is 9.52. The van der Waals surface area contributed by atoms with Gasteiger partial charge in [0, 0.05) is 18.1 Å². The van der Waals surface area contributed by atoms with Crippen molar-refractivity contribution in [3.8, 4) is 5.75 Å². The molecule has 0 bridgehead atoms. The van der Waals surface area contributed by atoms with Crippen LogP contribution in [0, 0.1) is 5.92 Å². The van der Waals surface area contributed by atoms with E-state index in [0.717, 1.165) is 18.7 Å². The molecule has 5 heteroatoms. The lowest BCUT2D eigenvalue weighted by Crippen LogP contribution is -2.30. The van der Waals surface area contributed by atoms with E-state index in [1.807, 2.05) is 26.1 Å². The summed E-state index contributed by atoms with van der Waals surface area (Å²) in [6, 6.07) is 7.32. The Labute approximate surface area is 125 Å². The maximum Gasteiger partial charge on any atom is 0.309 e. The van der Waals surface area contributed by atoms with Crippen molar-refractivity contribution in [2.45, 2.75) is 13.3 Å². The number of hydrogen-bond donors (Lipinski definition) is 0. The third-order valence-electron chi connectivity index (χ3n) is 2.96. The van der Waals surface area contributed by atoms with E-state index in [1.54, 1.807) is 12.1 Å². The minimum absolute atomic E-state index is 0.109. The maximum atomic E-state index is 11.3. The number of ether oxygens (including phenoxy) is 2. The summed E-state index contributed by atoms with van der Waals surface area (Å²) >= 11 is 5.80. The lowest BCUT2D eigenvalue weighted by atomic mass is 10.2. The quantitative estimate of drug-likeness (QED) is 0.546. The lowest BCUT2D eigenvalue weighted by Gasteiger charge is -2.19. The Kier molecular flexibility index (Phi) is 7.41. The summed E-state index contributed by atoms with van der Waals surface area (Å²) in [5.41, 5.74) is 0. The smallest absolute Gasteiger partial charge is 0.309 e. The molecule has 20 heavy (non-hydrogen) atoms. The Hall–Kier alpha value is -1.26. The van der Waals surface area contributed by atoms with Crippen LogP contribution in [0.15, 0.2) is 24.3 Å². The SMILES string of the molecule is COC(=O)C(C)CN(C)CCCOc1ccc(Cl)cc1. The number of benzene rings is 1. The fourth-order valence-corrected chi connectivity index (χ4v) is 2.02. The molecule has 0 heterocycles. The molecule has 1 atom stereocenters. The van der Waals surface area contributed by atoms with Crippen molar-refractivity contribution < 1.29 is 14.3 Å². The van der Waals surface area contributed by atoms with Crippen molar-refractivity contribution in [2.24, 2.45) is 5.92 Å². The molecule has 0 fully saturated rings. The highest BCUT2D eigenvalue weighted by Crippen LogP contribution is 2.15. The van der Waals surface area contributed by atoms with Gasteiger partial charge in [-0.3, -0.25) is 4.79 Å². The summed E-state index contributed by atoms with van der Waals surface area (Å²) in [5, 5.41) is 0.703. The first-order valence-corrected chi connectivity index (χ1v) is 7.05. The minimum atomic E-state index is -0.172. The van der Waals surface area contributed by atoms with Crippen molar-refractivity contribution in [3.63, 3.8) is 0 Å². The number of esters is 1. The molecule has 1 aromatic carbocycles. The molecule has 0 amide bonds. The minimum Gasteiger partial charge on any atom is -0.494 e. The fourth-order valence-electron chi connectivity index (χ4n) is 1.89. The van der Waals surface area contributed by atoms with Crippen LogP contribution in [0.5, 0.6) is 5.75 Å². The van der Waals surface area contributed by atoms with Gasteiger partial charge in [-0.15, -0.1) is 0 Å². The van der Waals surface area contributed by atoms with Crippen LogP contribution in [-0.4, -0.2) is 44.7 Å². The van der Waals surface area contributed by atoms with E-state index in [9.17, 15) is 4.79 Å². The number of rotatable bonds is 8. The van der Waals surface area contributed by atoms with Crippen molar-refractivity contribution in [2.75, 3.05) is 33.9 Å².